The topological polar surface area (TPSA) is 43.8 Å². The average Bonchev–Trinajstić information content (AvgIpc) is 2.81. The Morgan fingerprint density at radius 2 is 2.30 bits per heavy atom. The minimum absolute atomic E-state index is 0.109. The van der Waals surface area contributed by atoms with Crippen LogP contribution in [0, 0.1) is 5.82 Å². The highest BCUT2D eigenvalue weighted by Gasteiger charge is 2.23. The molecule has 1 fully saturated rings. The van der Waals surface area contributed by atoms with Crippen molar-refractivity contribution in [2.75, 3.05) is 31.1 Å². The van der Waals surface area contributed by atoms with Crippen LogP contribution in [-0.4, -0.2) is 48.2 Å². The molecule has 2 rings (SSSR count). The van der Waals surface area contributed by atoms with Crippen molar-refractivity contribution in [3.8, 4) is 0 Å². The van der Waals surface area contributed by atoms with E-state index < -0.39 is 6.10 Å². The van der Waals surface area contributed by atoms with Gasteiger partial charge in [-0.1, -0.05) is 6.07 Å². The molecule has 0 saturated carbocycles. The monoisotopic (exact) mass is 280 g/mol. The SMILES string of the molecule is CCN(CC(O)CN1CCCC1=O)c1cccc(F)c1. The molecule has 1 N–H and O–H groups in total. The number of hydrogen-bond acceptors (Lipinski definition) is 3. The van der Waals surface area contributed by atoms with E-state index in [1.54, 1.807) is 11.0 Å². The Labute approximate surface area is 118 Å². The summed E-state index contributed by atoms with van der Waals surface area (Å²) in [5.74, 6) is -0.178. The Bertz CT molecular complexity index is 467. The molecule has 0 radical (unpaired) electrons. The van der Waals surface area contributed by atoms with Crippen LogP contribution in [0.15, 0.2) is 24.3 Å². The molecule has 1 atom stereocenters. The lowest BCUT2D eigenvalue weighted by atomic mass is 10.2. The third-order valence-corrected chi connectivity index (χ3v) is 3.59. The highest BCUT2D eigenvalue weighted by Crippen LogP contribution is 2.16. The lowest BCUT2D eigenvalue weighted by Crippen LogP contribution is -2.40. The van der Waals surface area contributed by atoms with Crippen molar-refractivity contribution < 1.29 is 14.3 Å². The first kappa shape index (κ1) is 14.8. The second kappa shape index (κ2) is 6.70. The number of carbonyl (C=O) groups is 1. The molecule has 1 aromatic carbocycles. The molecular formula is C15H21FN2O2. The summed E-state index contributed by atoms with van der Waals surface area (Å²) in [6.07, 6.45) is 0.821. The molecule has 110 valence electrons. The number of benzene rings is 1. The third-order valence-electron chi connectivity index (χ3n) is 3.59. The van der Waals surface area contributed by atoms with Crippen molar-refractivity contribution >= 4 is 11.6 Å². The molecule has 1 saturated heterocycles. The fourth-order valence-electron chi connectivity index (χ4n) is 2.55. The Balaban J connectivity index is 1.94. The van der Waals surface area contributed by atoms with Crippen molar-refractivity contribution in [2.45, 2.75) is 25.9 Å². The van der Waals surface area contributed by atoms with Crippen LogP contribution in [0.25, 0.3) is 0 Å². The second-order valence-electron chi connectivity index (χ2n) is 5.12. The summed E-state index contributed by atoms with van der Waals surface area (Å²) in [6.45, 7) is 4.10. The van der Waals surface area contributed by atoms with E-state index >= 15 is 0 Å². The fraction of sp³-hybridized carbons (Fsp3) is 0.533. The fourth-order valence-corrected chi connectivity index (χ4v) is 2.55. The summed E-state index contributed by atoms with van der Waals surface area (Å²) in [5.41, 5.74) is 0.749. The van der Waals surface area contributed by atoms with Crippen molar-refractivity contribution in [3.63, 3.8) is 0 Å². The molecule has 0 aliphatic carbocycles. The summed E-state index contributed by atoms with van der Waals surface area (Å²) < 4.78 is 13.2. The number of likely N-dealkylation sites (N-methyl/N-ethyl adjacent to an activating group) is 1. The predicted octanol–water partition coefficient (Wildman–Crippen LogP) is 1.64. The summed E-state index contributed by atoms with van der Waals surface area (Å²) in [5, 5.41) is 10.1. The Morgan fingerprint density at radius 1 is 1.50 bits per heavy atom. The van der Waals surface area contributed by atoms with E-state index in [9.17, 15) is 14.3 Å². The maximum atomic E-state index is 13.2. The molecule has 5 heteroatoms. The zero-order valence-corrected chi connectivity index (χ0v) is 11.8. The van der Waals surface area contributed by atoms with Crippen LogP contribution in [0.3, 0.4) is 0 Å². The number of aliphatic hydroxyl groups is 1. The number of β-amino-alcohol motifs (C(OH)–C–C–N with tert-alkyl or cyclic N) is 1. The van der Waals surface area contributed by atoms with Crippen molar-refractivity contribution in [3.05, 3.63) is 30.1 Å². The first-order valence-electron chi connectivity index (χ1n) is 7.06. The molecule has 0 spiro atoms. The average molecular weight is 280 g/mol. The highest BCUT2D eigenvalue weighted by atomic mass is 19.1. The molecule has 0 aromatic heterocycles. The Kier molecular flexibility index (Phi) is 4.95. The van der Waals surface area contributed by atoms with Gasteiger partial charge in [0.2, 0.25) is 5.91 Å². The van der Waals surface area contributed by atoms with E-state index in [0.717, 1.165) is 18.7 Å². The predicted molar refractivity (Wildman–Crippen MR) is 76.1 cm³/mol. The summed E-state index contributed by atoms with van der Waals surface area (Å²) in [6, 6.07) is 6.33. The van der Waals surface area contributed by atoms with Gasteiger partial charge in [-0.3, -0.25) is 4.79 Å². The largest absolute Gasteiger partial charge is 0.389 e. The minimum Gasteiger partial charge on any atom is -0.389 e. The quantitative estimate of drug-likeness (QED) is 0.861. The minimum atomic E-state index is -0.625. The van der Waals surface area contributed by atoms with Gasteiger partial charge >= 0.3 is 0 Å². The number of likely N-dealkylation sites (tertiary alicyclic amines) is 1. The maximum absolute atomic E-state index is 13.2. The van der Waals surface area contributed by atoms with Gasteiger partial charge in [0, 0.05) is 38.3 Å². The molecular weight excluding hydrogens is 259 g/mol. The number of carbonyl (C=O) groups excluding carboxylic acids is 1. The van der Waals surface area contributed by atoms with Crippen molar-refractivity contribution in [1.82, 2.24) is 4.90 Å². The van der Waals surface area contributed by atoms with E-state index in [-0.39, 0.29) is 11.7 Å². The summed E-state index contributed by atoms with van der Waals surface area (Å²) in [4.78, 5) is 15.1. The zero-order chi connectivity index (χ0) is 14.5. The highest BCUT2D eigenvalue weighted by molar-refractivity contribution is 5.78. The van der Waals surface area contributed by atoms with Crippen LogP contribution >= 0.6 is 0 Å². The first-order chi connectivity index (χ1) is 9.60. The van der Waals surface area contributed by atoms with Crippen LogP contribution in [0.5, 0.6) is 0 Å². The number of rotatable bonds is 6. The van der Waals surface area contributed by atoms with Gasteiger partial charge in [-0.05, 0) is 31.5 Å². The van der Waals surface area contributed by atoms with Crippen LogP contribution in [-0.2, 0) is 4.79 Å². The van der Waals surface area contributed by atoms with E-state index in [2.05, 4.69) is 0 Å². The van der Waals surface area contributed by atoms with Crippen LogP contribution in [0.4, 0.5) is 10.1 Å². The van der Waals surface area contributed by atoms with Crippen molar-refractivity contribution in [2.24, 2.45) is 0 Å². The molecule has 1 aliphatic rings. The van der Waals surface area contributed by atoms with E-state index in [0.29, 0.717) is 26.1 Å². The molecule has 1 aromatic rings. The molecule has 1 heterocycles. The number of hydrogen-bond donors (Lipinski definition) is 1. The number of aliphatic hydroxyl groups excluding tert-OH is 1. The molecule has 20 heavy (non-hydrogen) atoms. The van der Waals surface area contributed by atoms with Gasteiger partial charge in [-0.2, -0.15) is 0 Å². The lowest BCUT2D eigenvalue weighted by molar-refractivity contribution is -0.128. The van der Waals surface area contributed by atoms with E-state index in [4.69, 9.17) is 0 Å². The van der Waals surface area contributed by atoms with Gasteiger partial charge in [0.25, 0.3) is 0 Å². The molecule has 1 unspecified atom stereocenters. The van der Waals surface area contributed by atoms with E-state index in [1.165, 1.54) is 12.1 Å². The van der Waals surface area contributed by atoms with Gasteiger partial charge in [0.05, 0.1) is 6.10 Å². The molecule has 0 bridgehead atoms. The number of anilines is 1. The van der Waals surface area contributed by atoms with Gasteiger partial charge < -0.3 is 14.9 Å². The van der Waals surface area contributed by atoms with Crippen LogP contribution in [0.1, 0.15) is 19.8 Å². The van der Waals surface area contributed by atoms with Crippen molar-refractivity contribution in [1.29, 1.82) is 0 Å². The van der Waals surface area contributed by atoms with Gasteiger partial charge in [0.15, 0.2) is 0 Å². The normalized spacial score (nSPS) is 16.6. The van der Waals surface area contributed by atoms with Gasteiger partial charge in [-0.15, -0.1) is 0 Å². The standard InChI is InChI=1S/C15H21FN2O2/c1-2-17(13-6-3-5-12(16)9-13)10-14(19)11-18-8-4-7-15(18)20/h3,5-6,9,14,19H,2,4,7-8,10-11H2,1H3. The number of nitrogens with zero attached hydrogens (tertiary/aromatic N) is 2. The first-order valence-corrected chi connectivity index (χ1v) is 7.06. The number of amides is 1. The maximum Gasteiger partial charge on any atom is 0.222 e. The van der Waals surface area contributed by atoms with E-state index in [1.807, 2.05) is 17.9 Å². The third kappa shape index (κ3) is 3.70. The second-order valence-corrected chi connectivity index (χ2v) is 5.12. The molecule has 1 aliphatic heterocycles. The summed E-state index contributed by atoms with van der Waals surface area (Å²) >= 11 is 0. The summed E-state index contributed by atoms with van der Waals surface area (Å²) in [7, 11) is 0. The Hall–Kier alpha value is -1.62. The van der Waals surface area contributed by atoms with Crippen LogP contribution < -0.4 is 4.90 Å². The smallest absolute Gasteiger partial charge is 0.222 e. The lowest BCUT2D eigenvalue weighted by Gasteiger charge is -2.28. The molecule has 1 amide bonds. The zero-order valence-electron chi connectivity index (χ0n) is 11.8. The molecule has 4 nitrogen and oxygen atoms in total. The number of halogens is 1. The van der Waals surface area contributed by atoms with Crippen LogP contribution in [0.2, 0.25) is 0 Å². The van der Waals surface area contributed by atoms with Gasteiger partial charge in [0.1, 0.15) is 5.82 Å². The Morgan fingerprint density at radius 3 is 2.90 bits per heavy atom. The van der Waals surface area contributed by atoms with Gasteiger partial charge in [-0.25, -0.2) is 4.39 Å².